The molecular formula is C19H14N4O5. The molecule has 0 atom stereocenters. The number of para-hydroxylation sites is 2. The Bertz CT molecular complexity index is 1170. The molecule has 4 rings (SSSR count). The van der Waals surface area contributed by atoms with Crippen molar-refractivity contribution >= 4 is 39.9 Å². The molecule has 0 bridgehead atoms. The van der Waals surface area contributed by atoms with Crippen LogP contribution in [0.3, 0.4) is 0 Å². The highest BCUT2D eigenvalue weighted by Crippen LogP contribution is 2.28. The number of aromatic nitrogens is 2. The summed E-state index contributed by atoms with van der Waals surface area (Å²) in [4.78, 5) is 49.8. The molecule has 0 unspecified atom stereocenters. The van der Waals surface area contributed by atoms with Crippen LogP contribution in [-0.2, 0) is 14.3 Å². The Balaban J connectivity index is 1.53. The van der Waals surface area contributed by atoms with E-state index in [0.717, 1.165) is 0 Å². The molecule has 28 heavy (non-hydrogen) atoms. The molecule has 0 saturated heterocycles. The van der Waals surface area contributed by atoms with Gasteiger partial charge in [-0.1, -0.05) is 30.3 Å². The maximum absolute atomic E-state index is 12.6. The number of anilines is 2. The van der Waals surface area contributed by atoms with Crippen molar-refractivity contribution in [2.24, 2.45) is 0 Å². The summed E-state index contributed by atoms with van der Waals surface area (Å²) in [5, 5.41) is 9.27. The minimum atomic E-state index is -0.851. The summed E-state index contributed by atoms with van der Waals surface area (Å²) in [5.74, 6) is -1.74. The lowest BCUT2D eigenvalue weighted by Gasteiger charge is -2.28. The van der Waals surface area contributed by atoms with Crippen molar-refractivity contribution in [1.82, 2.24) is 10.2 Å². The van der Waals surface area contributed by atoms with Gasteiger partial charge >= 0.3 is 5.97 Å². The summed E-state index contributed by atoms with van der Waals surface area (Å²) in [5.41, 5.74) is 0.501. The van der Waals surface area contributed by atoms with Gasteiger partial charge in [0.25, 0.3) is 11.5 Å². The quantitative estimate of drug-likeness (QED) is 0.658. The maximum atomic E-state index is 12.6. The highest BCUT2D eigenvalue weighted by Gasteiger charge is 2.27. The highest BCUT2D eigenvalue weighted by atomic mass is 16.5. The Morgan fingerprint density at radius 2 is 1.75 bits per heavy atom. The molecule has 9 heteroatoms. The second-order valence-electron chi connectivity index (χ2n) is 6.07. The van der Waals surface area contributed by atoms with Crippen LogP contribution in [0, 0.1) is 0 Å². The molecule has 0 fully saturated rings. The molecule has 3 aromatic rings. The molecule has 2 aromatic carbocycles. The van der Waals surface area contributed by atoms with Crippen molar-refractivity contribution in [2.45, 2.75) is 0 Å². The first-order chi connectivity index (χ1) is 13.5. The molecule has 1 aliphatic heterocycles. The van der Waals surface area contributed by atoms with E-state index in [4.69, 9.17) is 4.74 Å². The molecule has 2 N–H and O–H groups in total. The van der Waals surface area contributed by atoms with E-state index in [-0.39, 0.29) is 23.5 Å². The number of H-pyrrole nitrogens is 1. The number of hydrogen-bond donors (Lipinski definition) is 2. The van der Waals surface area contributed by atoms with Crippen molar-refractivity contribution in [1.29, 1.82) is 0 Å². The zero-order chi connectivity index (χ0) is 19.7. The SMILES string of the molecule is O=C1CN(C(=O)COC(=O)c2n[nH]c(=O)c3ccccc23)c2ccccc2N1. The summed E-state index contributed by atoms with van der Waals surface area (Å²) in [7, 11) is 0. The van der Waals surface area contributed by atoms with E-state index in [2.05, 4.69) is 15.5 Å². The molecule has 9 nitrogen and oxygen atoms in total. The Morgan fingerprint density at radius 3 is 2.57 bits per heavy atom. The monoisotopic (exact) mass is 378 g/mol. The molecule has 0 aliphatic carbocycles. The van der Waals surface area contributed by atoms with Gasteiger partial charge in [0, 0.05) is 5.39 Å². The lowest BCUT2D eigenvalue weighted by atomic mass is 10.1. The smallest absolute Gasteiger partial charge is 0.359 e. The Hall–Kier alpha value is -4.01. The second-order valence-corrected chi connectivity index (χ2v) is 6.07. The van der Waals surface area contributed by atoms with Crippen LogP contribution in [0.5, 0.6) is 0 Å². The molecule has 2 amide bonds. The minimum absolute atomic E-state index is 0.0974. The molecule has 1 aromatic heterocycles. The third-order valence-corrected chi connectivity index (χ3v) is 4.29. The molecule has 0 saturated carbocycles. The van der Waals surface area contributed by atoms with Crippen LogP contribution in [-0.4, -0.2) is 41.1 Å². The first-order valence-corrected chi connectivity index (χ1v) is 8.38. The predicted molar refractivity (Wildman–Crippen MR) is 100 cm³/mol. The van der Waals surface area contributed by atoms with Gasteiger partial charge in [0.1, 0.15) is 6.54 Å². The fraction of sp³-hybridized carbons (Fsp3) is 0.105. The van der Waals surface area contributed by atoms with E-state index >= 15 is 0 Å². The van der Waals surface area contributed by atoms with Crippen molar-refractivity contribution in [3.05, 3.63) is 64.6 Å². The number of rotatable bonds is 3. The van der Waals surface area contributed by atoms with Gasteiger partial charge in [-0.15, -0.1) is 0 Å². The summed E-state index contributed by atoms with van der Waals surface area (Å²) >= 11 is 0. The first kappa shape index (κ1) is 17.4. The lowest BCUT2D eigenvalue weighted by Crippen LogP contribution is -2.44. The number of amides is 2. The Kier molecular flexibility index (Phi) is 4.32. The average molecular weight is 378 g/mol. The number of nitrogens with zero attached hydrogens (tertiary/aromatic N) is 2. The average Bonchev–Trinajstić information content (AvgIpc) is 2.71. The number of nitrogens with one attached hydrogen (secondary N) is 2. The third-order valence-electron chi connectivity index (χ3n) is 4.29. The van der Waals surface area contributed by atoms with Crippen LogP contribution in [0.25, 0.3) is 10.8 Å². The Labute approximate surface area is 157 Å². The standard InChI is InChI=1S/C19H14N4O5/c24-15-9-23(14-8-4-3-7-13(14)20-15)16(25)10-28-19(27)17-11-5-1-2-6-12(11)18(26)22-21-17/h1-8H,9-10H2,(H,20,24)(H,22,26). The molecule has 0 radical (unpaired) electrons. The largest absolute Gasteiger partial charge is 0.451 e. The number of carbonyl (C=O) groups is 3. The number of fused-ring (bicyclic) bond motifs is 2. The van der Waals surface area contributed by atoms with Gasteiger partial charge in [0.15, 0.2) is 12.3 Å². The molecular weight excluding hydrogens is 364 g/mol. The van der Waals surface area contributed by atoms with Gasteiger partial charge in [-0.3, -0.25) is 19.3 Å². The van der Waals surface area contributed by atoms with Crippen molar-refractivity contribution in [2.75, 3.05) is 23.4 Å². The highest BCUT2D eigenvalue weighted by molar-refractivity contribution is 6.10. The minimum Gasteiger partial charge on any atom is -0.451 e. The molecule has 140 valence electrons. The van der Waals surface area contributed by atoms with Gasteiger partial charge in [-0.25, -0.2) is 9.89 Å². The number of esters is 1. The molecule has 1 aliphatic rings. The summed E-state index contributed by atoms with van der Waals surface area (Å²) < 4.78 is 5.09. The zero-order valence-electron chi connectivity index (χ0n) is 14.5. The van der Waals surface area contributed by atoms with Crippen LogP contribution < -0.4 is 15.8 Å². The van der Waals surface area contributed by atoms with Crippen LogP contribution in [0.4, 0.5) is 11.4 Å². The van der Waals surface area contributed by atoms with Crippen LogP contribution >= 0.6 is 0 Å². The fourth-order valence-electron chi connectivity index (χ4n) is 3.00. The Morgan fingerprint density at radius 1 is 1.04 bits per heavy atom. The third kappa shape index (κ3) is 3.09. The van der Waals surface area contributed by atoms with E-state index < -0.39 is 24.0 Å². The zero-order valence-corrected chi connectivity index (χ0v) is 14.5. The van der Waals surface area contributed by atoms with E-state index in [1.165, 1.54) is 4.90 Å². The van der Waals surface area contributed by atoms with Gasteiger partial charge in [-0.2, -0.15) is 5.10 Å². The van der Waals surface area contributed by atoms with E-state index in [1.807, 2.05) is 0 Å². The summed E-state index contributed by atoms with van der Waals surface area (Å²) in [6.07, 6.45) is 0. The lowest BCUT2D eigenvalue weighted by molar-refractivity contribution is -0.124. The topological polar surface area (TPSA) is 121 Å². The maximum Gasteiger partial charge on any atom is 0.359 e. The van der Waals surface area contributed by atoms with Crippen LogP contribution in [0.15, 0.2) is 53.3 Å². The molecule has 2 heterocycles. The second kappa shape index (κ2) is 6.95. The van der Waals surface area contributed by atoms with Gasteiger partial charge in [-0.05, 0) is 18.2 Å². The summed E-state index contributed by atoms with van der Waals surface area (Å²) in [6, 6.07) is 13.3. The van der Waals surface area contributed by atoms with Crippen molar-refractivity contribution in [3.63, 3.8) is 0 Å². The molecule has 0 spiro atoms. The van der Waals surface area contributed by atoms with E-state index in [0.29, 0.717) is 16.8 Å². The summed E-state index contributed by atoms with van der Waals surface area (Å²) in [6.45, 7) is -0.747. The first-order valence-electron chi connectivity index (χ1n) is 8.38. The number of hydrogen-bond acceptors (Lipinski definition) is 6. The van der Waals surface area contributed by atoms with E-state index in [1.54, 1.807) is 48.5 Å². The van der Waals surface area contributed by atoms with E-state index in [9.17, 15) is 19.2 Å². The van der Waals surface area contributed by atoms with Gasteiger partial charge < -0.3 is 10.1 Å². The number of benzene rings is 2. The van der Waals surface area contributed by atoms with Crippen LogP contribution in [0.1, 0.15) is 10.5 Å². The van der Waals surface area contributed by atoms with Gasteiger partial charge in [0.05, 0.1) is 16.8 Å². The van der Waals surface area contributed by atoms with Gasteiger partial charge in [0.2, 0.25) is 5.91 Å². The number of carbonyl (C=O) groups excluding carboxylic acids is 3. The number of aromatic amines is 1. The van der Waals surface area contributed by atoms with Crippen LogP contribution in [0.2, 0.25) is 0 Å². The van der Waals surface area contributed by atoms with Crippen molar-refractivity contribution in [3.8, 4) is 0 Å². The predicted octanol–water partition coefficient (Wildman–Crippen LogP) is 1.07. The van der Waals surface area contributed by atoms with Crippen molar-refractivity contribution < 1.29 is 19.1 Å². The fourth-order valence-corrected chi connectivity index (χ4v) is 3.00. The number of ether oxygens (including phenoxy) is 1. The normalized spacial score (nSPS) is 13.0.